The molecule has 208 valence electrons. The van der Waals surface area contributed by atoms with E-state index in [-0.39, 0.29) is 36.8 Å². The molecule has 9 heteroatoms. The molecule has 37 heavy (non-hydrogen) atoms. The number of hydrogen-bond acceptors (Lipinski definition) is 9. The smallest absolute Gasteiger partial charge is 0.309 e. The second kappa shape index (κ2) is 12.5. The zero-order chi connectivity index (χ0) is 27.5. The minimum Gasteiger partial charge on any atom is -0.458 e. The van der Waals surface area contributed by atoms with Gasteiger partial charge in [0.2, 0.25) is 0 Å². The molecule has 2 unspecified atom stereocenters. The number of ketones is 1. The number of carbonyl (C=O) groups excluding carboxylic acids is 2. The Balaban J connectivity index is 1.88. The van der Waals surface area contributed by atoms with Crippen LogP contribution in [-0.4, -0.2) is 80.5 Å². The Morgan fingerprint density at radius 3 is 2.57 bits per heavy atom. The van der Waals surface area contributed by atoms with Crippen LogP contribution in [0.3, 0.4) is 0 Å². The Labute approximate surface area is 224 Å². The zero-order valence-electron chi connectivity index (χ0n) is 23.0. The highest BCUT2D eigenvalue weighted by atomic mass is 32.1. The van der Waals surface area contributed by atoms with E-state index in [1.807, 2.05) is 32.2 Å². The van der Waals surface area contributed by atoms with Crippen LogP contribution in [0.4, 0.5) is 0 Å². The summed E-state index contributed by atoms with van der Waals surface area (Å²) < 4.78 is 5.94. The minimum absolute atomic E-state index is 0.0559. The summed E-state index contributed by atoms with van der Waals surface area (Å²) in [6, 6.07) is 0.434. The molecule has 0 spiro atoms. The molecule has 0 aromatic carbocycles. The Bertz CT molecular complexity index is 976. The maximum absolute atomic E-state index is 13.3. The largest absolute Gasteiger partial charge is 0.458 e. The number of aliphatic hydroxyl groups excluding tert-OH is 3. The third-order valence-electron chi connectivity index (χ3n) is 8.31. The summed E-state index contributed by atoms with van der Waals surface area (Å²) >= 11 is 1.55. The number of fused-ring (bicyclic) bond motifs is 1. The normalized spacial score (nSPS) is 36.1. The van der Waals surface area contributed by atoms with Crippen molar-refractivity contribution in [3.63, 3.8) is 0 Å². The van der Waals surface area contributed by atoms with Gasteiger partial charge in [-0.3, -0.25) is 14.5 Å². The summed E-state index contributed by atoms with van der Waals surface area (Å²) in [5.41, 5.74) is 0.467. The maximum atomic E-state index is 13.3. The molecule has 2 aliphatic rings. The molecule has 0 aliphatic carbocycles. The van der Waals surface area contributed by atoms with E-state index in [0.29, 0.717) is 13.0 Å². The second-order valence-corrected chi connectivity index (χ2v) is 12.5. The van der Waals surface area contributed by atoms with Gasteiger partial charge in [0.05, 0.1) is 41.4 Å². The van der Waals surface area contributed by atoms with E-state index in [9.17, 15) is 24.9 Å². The van der Waals surface area contributed by atoms with Crippen molar-refractivity contribution in [1.29, 1.82) is 0 Å². The Hall–Kier alpha value is -1.65. The SMILES string of the molecule is C/C(=C\c1csc(C)n1)[C@@H]1CC2C(CCC[C@H](C)[C@H](O)[C@@H](C)C(=O)C(C)(C)[C@@H](O)CC(=O)O1)[N@@]2CCO. The number of β-amino-alcohol motifs (C(OH)–C–C–N with tert-alkyl or cyclic N) is 1. The van der Waals surface area contributed by atoms with Crippen molar-refractivity contribution in [2.75, 3.05) is 13.2 Å². The third-order valence-corrected chi connectivity index (χ3v) is 9.10. The predicted molar refractivity (Wildman–Crippen MR) is 144 cm³/mol. The number of esters is 1. The quantitative estimate of drug-likeness (QED) is 0.396. The minimum atomic E-state index is -1.24. The Morgan fingerprint density at radius 2 is 1.95 bits per heavy atom. The average molecular weight is 537 g/mol. The fraction of sp³-hybridized carbons (Fsp3) is 0.750. The van der Waals surface area contributed by atoms with Gasteiger partial charge >= 0.3 is 5.97 Å². The van der Waals surface area contributed by atoms with Crippen molar-refractivity contribution in [2.45, 2.75) is 104 Å². The van der Waals surface area contributed by atoms with Crippen LogP contribution >= 0.6 is 11.3 Å². The first-order valence-electron chi connectivity index (χ1n) is 13.4. The van der Waals surface area contributed by atoms with Crippen LogP contribution in [0.5, 0.6) is 0 Å². The van der Waals surface area contributed by atoms with Gasteiger partial charge in [0, 0.05) is 36.3 Å². The highest BCUT2D eigenvalue weighted by Gasteiger charge is 2.48. The van der Waals surface area contributed by atoms with E-state index < -0.39 is 35.6 Å². The standard InChI is InChI=1S/C28H44N2O6S/c1-16-8-7-9-21-22(30(21)10-11-31)13-23(17(2)12-20-15-37-19(4)29-20)36-25(33)14-24(32)28(5,6)27(35)18(3)26(16)34/h12,15-16,18,21-24,26,31-32,34H,7-11,13-14H2,1-6H3/b17-12+/t16-,18+,21?,22?,23-,24-,26-,30+/m0/s1. The Kier molecular flexibility index (Phi) is 10.1. The molecule has 3 rings (SSSR count). The molecular formula is C28H44N2O6S. The number of aryl methyl sites for hydroxylation is 1. The lowest BCUT2D eigenvalue weighted by Crippen LogP contribution is -2.45. The summed E-state index contributed by atoms with van der Waals surface area (Å²) in [5.74, 6) is -1.57. The van der Waals surface area contributed by atoms with E-state index in [1.54, 1.807) is 32.1 Å². The molecule has 0 saturated carbocycles. The fourth-order valence-corrected chi connectivity index (χ4v) is 6.22. The molecule has 0 radical (unpaired) electrons. The first-order valence-corrected chi connectivity index (χ1v) is 14.3. The molecule has 8 atom stereocenters. The number of carbonyl (C=O) groups is 2. The molecule has 2 saturated heterocycles. The van der Waals surface area contributed by atoms with Gasteiger partial charge in [0.1, 0.15) is 11.9 Å². The van der Waals surface area contributed by atoms with Crippen LogP contribution in [-0.2, 0) is 14.3 Å². The van der Waals surface area contributed by atoms with Gasteiger partial charge in [-0.05, 0) is 44.3 Å². The van der Waals surface area contributed by atoms with Gasteiger partial charge in [0.15, 0.2) is 0 Å². The van der Waals surface area contributed by atoms with Gasteiger partial charge in [-0.1, -0.05) is 34.1 Å². The lowest BCUT2D eigenvalue weighted by atomic mass is 9.73. The molecule has 0 amide bonds. The number of hydrogen-bond donors (Lipinski definition) is 3. The summed E-state index contributed by atoms with van der Waals surface area (Å²) in [6.07, 6.45) is 2.19. The van der Waals surface area contributed by atoms with Crippen molar-refractivity contribution in [1.82, 2.24) is 9.88 Å². The van der Waals surface area contributed by atoms with Gasteiger partial charge in [-0.25, -0.2) is 4.98 Å². The molecule has 0 bridgehead atoms. The molecule has 1 aromatic heterocycles. The molecular weight excluding hydrogens is 492 g/mol. The fourth-order valence-electron chi connectivity index (χ4n) is 5.65. The van der Waals surface area contributed by atoms with Crippen molar-refractivity contribution in [2.24, 2.45) is 17.3 Å². The average Bonchev–Trinajstić information content (AvgIpc) is 3.29. The number of rotatable bonds is 4. The van der Waals surface area contributed by atoms with Gasteiger partial charge in [-0.15, -0.1) is 11.3 Å². The van der Waals surface area contributed by atoms with Crippen LogP contribution in [0.25, 0.3) is 6.08 Å². The molecule has 2 aliphatic heterocycles. The lowest BCUT2D eigenvalue weighted by molar-refractivity contribution is -0.154. The molecule has 2 fully saturated rings. The van der Waals surface area contributed by atoms with E-state index in [0.717, 1.165) is 35.5 Å². The number of cyclic esters (lactones) is 1. The monoisotopic (exact) mass is 536 g/mol. The molecule has 3 heterocycles. The number of aromatic nitrogens is 1. The second-order valence-electron chi connectivity index (χ2n) is 11.5. The van der Waals surface area contributed by atoms with E-state index in [4.69, 9.17) is 4.74 Å². The summed E-state index contributed by atoms with van der Waals surface area (Å²) in [7, 11) is 0. The summed E-state index contributed by atoms with van der Waals surface area (Å²) in [4.78, 5) is 33.1. The number of Topliss-reactive ketones (excluding diaryl/α,β-unsaturated/α-hetero) is 1. The van der Waals surface area contributed by atoms with Gasteiger partial charge in [-0.2, -0.15) is 0 Å². The van der Waals surface area contributed by atoms with Crippen molar-refractivity contribution in [3.8, 4) is 0 Å². The maximum Gasteiger partial charge on any atom is 0.309 e. The number of aliphatic hydroxyl groups is 3. The van der Waals surface area contributed by atoms with E-state index in [1.165, 1.54) is 0 Å². The highest BCUT2D eigenvalue weighted by Crippen LogP contribution is 2.39. The van der Waals surface area contributed by atoms with Crippen molar-refractivity contribution < 1.29 is 29.6 Å². The lowest BCUT2D eigenvalue weighted by Gasteiger charge is -2.34. The third kappa shape index (κ3) is 7.26. The van der Waals surface area contributed by atoms with Crippen LogP contribution < -0.4 is 0 Å². The first-order chi connectivity index (χ1) is 17.4. The van der Waals surface area contributed by atoms with Gasteiger partial charge < -0.3 is 20.1 Å². The van der Waals surface area contributed by atoms with E-state index >= 15 is 0 Å². The summed E-state index contributed by atoms with van der Waals surface area (Å²) in [5, 5.41) is 34.3. The predicted octanol–water partition coefficient (Wildman–Crippen LogP) is 3.37. The number of ether oxygens (including phenoxy) is 1. The van der Waals surface area contributed by atoms with Crippen LogP contribution in [0.2, 0.25) is 0 Å². The molecule has 1 aromatic rings. The van der Waals surface area contributed by atoms with Crippen LogP contribution in [0.1, 0.15) is 77.4 Å². The zero-order valence-corrected chi connectivity index (χ0v) is 23.8. The molecule has 8 nitrogen and oxygen atoms in total. The number of thiazole rings is 1. The highest BCUT2D eigenvalue weighted by molar-refractivity contribution is 7.09. The first kappa shape index (κ1) is 29.9. The van der Waals surface area contributed by atoms with Gasteiger partial charge in [0.25, 0.3) is 0 Å². The molecule has 3 N–H and O–H groups in total. The van der Waals surface area contributed by atoms with Crippen molar-refractivity contribution in [3.05, 3.63) is 21.7 Å². The van der Waals surface area contributed by atoms with Crippen LogP contribution in [0.15, 0.2) is 11.0 Å². The topological polar surface area (TPSA) is 120 Å². The van der Waals surface area contributed by atoms with Crippen molar-refractivity contribution >= 4 is 29.2 Å². The number of nitrogens with zero attached hydrogens (tertiary/aromatic N) is 2. The Morgan fingerprint density at radius 1 is 1.24 bits per heavy atom. The van der Waals surface area contributed by atoms with E-state index in [2.05, 4.69) is 9.88 Å². The summed E-state index contributed by atoms with van der Waals surface area (Å²) in [6.45, 7) is 11.4. The van der Waals surface area contributed by atoms with Crippen LogP contribution in [0, 0.1) is 24.2 Å².